The molecule has 3 heterocycles. The van der Waals surface area contributed by atoms with E-state index in [0.717, 1.165) is 48.2 Å². The Balaban J connectivity index is 1.52. The second-order valence-corrected chi connectivity index (χ2v) is 8.02. The summed E-state index contributed by atoms with van der Waals surface area (Å²) in [5, 5.41) is 3.48. The van der Waals surface area contributed by atoms with Crippen LogP contribution in [-0.4, -0.2) is 38.5 Å². The highest BCUT2D eigenvalue weighted by Crippen LogP contribution is 2.31. The molecule has 1 saturated carbocycles. The van der Waals surface area contributed by atoms with Crippen LogP contribution in [0.1, 0.15) is 25.7 Å². The fourth-order valence-corrected chi connectivity index (χ4v) is 4.18. The third-order valence-corrected chi connectivity index (χ3v) is 5.94. The van der Waals surface area contributed by atoms with E-state index in [2.05, 4.69) is 44.1 Å². The van der Waals surface area contributed by atoms with E-state index in [1.807, 2.05) is 30.5 Å². The number of nitrogens with one attached hydrogen (secondary N) is 1. The number of methoxy groups -OCH3 is 1. The van der Waals surface area contributed by atoms with Crippen LogP contribution in [0.3, 0.4) is 0 Å². The van der Waals surface area contributed by atoms with E-state index in [9.17, 15) is 0 Å². The minimum Gasteiger partial charge on any atom is -0.493 e. The number of rotatable bonds is 5. The number of fused-ring (bicyclic) bond motifs is 1. The van der Waals surface area contributed by atoms with Crippen LogP contribution in [0.5, 0.6) is 5.75 Å². The zero-order valence-corrected chi connectivity index (χ0v) is 17.5. The van der Waals surface area contributed by atoms with Gasteiger partial charge in [-0.05, 0) is 48.9 Å². The first-order valence-corrected chi connectivity index (χ1v) is 10.7. The molecule has 3 aromatic heterocycles. The number of pyridine rings is 1. The van der Waals surface area contributed by atoms with Gasteiger partial charge in [-0.25, -0.2) is 15.0 Å². The van der Waals surface area contributed by atoms with Gasteiger partial charge in [-0.2, -0.15) is 0 Å². The van der Waals surface area contributed by atoms with Crippen molar-refractivity contribution in [2.75, 3.05) is 12.4 Å². The Morgan fingerprint density at radius 1 is 0.968 bits per heavy atom. The fourth-order valence-electron chi connectivity index (χ4n) is 4.18. The molecule has 0 amide bonds. The Bertz CT molecular complexity index is 1180. The van der Waals surface area contributed by atoms with Crippen LogP contribution in [-0.2, 0) is 0 Å². The van der Waals surface area contributed by atoms with Gasteiger partial charge in [0.2, 0.25) is 5.95 Å². The molecular weight excluding hydrogens is 388 g/mol. The van der Waals surface area contributed by atoms with Gasteiger partial charge < -0.3 is 15.8 Å². The number of nitrogens with two attached hydrogens (primary N) is 1. The predicted octanol–water partition coefficient (Wildman–Crippen LogP) is 4.15. The lowest BCUT2D eigenvalue weighted by Gasteiger charge is -2.26. The average molecular weight is 415 g/mol. The van der Waals surface area contributed by atoms with Crippen molar-refractivity contribution < 1.29 is 4.74 Å². The van der Waals surface area contributed by atoms with Crippen molar-refractivity contribution in [1.29, 1.82) is 0 Å². The zero-order valence-electron chi connectivity index (χ0n) is 17.5. The summed E-state index contributed by atoms with van der Waals surface area (Å²) in [6.07, 6.45) is 9.75. The van der Waals surface area contributed by atoms with E-state index in [0.29, 0.717) is 29.5 Å². The van der Waals surface area contributed by atoms with E-state index in [-0.39, 0.29) is 0 Å². The number of hydrogen-bond acceptors (Lipinski definition) is 6. The Morgan fingerprint density at radius 3 is 2.55 bits per heavy atom. The first-order chi connectivity index (χ1) is 15.2. The summed E-state index contributed by atoms with van der Waals surface area (Å²) in [6, 6.07) is 15.0. The monoisotopic (exact) mass is 414 g/mol. The lowest BCUT2D eigenvalue weighted by Crippen LogP contribution is -2.33. The molecule has 0 unspecified atom stereocenters. The van der Waals surface area contributed by atoms with Gasteiger partial charge in [0, 0.05) is 18.3 Å². The smallest absolute Gasteiger partial charge is 0.223 e. The summed E-state index contributed by atoms with van der Waals surface area (Å²) in [5.41, 5.74) is 10.7. The van der Waals surface area contributed by atoms with Gasteiger partial charge in [0.1, 0.15) is 11.3 Å². The molecule has 7 nitrogen and oxygen atoms in total. The van der Waals surface area contributed by atoms with Crippen molar-refractivity contribution in [3.63, 3.8) is 0 Å². The van der Waals surface area contributed by atoms with Gasteiger partial charge in [-0.3, -0.25) is 4.40 Å². The Hall–Kier alpha value is -3.45. The number of nitrogens with zero attached hydrogens (tertiary/aromatic N) is 4. The molecule has 1 aromatic carbocycles. The second kappa shape index (κ2) is 8.35. The lowest BCUT2D eigenvalue weighted by atomic mass is 9.92. The van der Waals surface area contributed by atoms with Gasteiger partial charge in [0.25, 0.3) is 0 Å². The molecule has 5 rings (SSSR count). The fraction of sp³-hybridized carbons (Fsp3) is 0.292. The Morgan fingerprint density at radius 2 is 1.77 bits per heavy atom. The standard InChI is InChI=1S/C24H26N6O/c1-31-21-14-27-24(28-19-10-8-18(25)9-11-19)29-23(21)20-13-26-22-12-7-17(15-30(20)22)16-5-3-2-4-6-16/h2-7,12-15,18-19H,8-11,25H2,1H3,(H,27,28,29)/t18-,19-. The maximum atomic E-state index is 6.04. The van der Waals surface area contributed by atoms with Crippen LogP contribution in [0.4, 0.5) is 5.95 Å². The zero-order chi connectivity index (χ0) is 21.2. The summed E-state index contributed by atoms with van der Waals surface area (Å²) >= 11 is 0. The molecule has 1 aliphatic carbocycles. The molecule has 7 heteroatoms. The summed E-state index contributed by atoms with van der Waals surface area (Å²) in [5.74, 6) is 1.22. The predicted molar refractivity (Wildman–Crippen MR) is 122 cm³/mol. The lowest BCUT2D eigenvalue weighted by molar-refractivity contribution is 0.407. The SMILES string of the molecule is COc1cnc(N[C@H]2CC[C@H](N)CC2)nc1-c1cnc2ccc(-c3ccccc3)cn12. The summed E-state index contributed by atoms with van der Waals surface area (Å²) < 4.78 is 7.63. The van der Waals surface area contributed by atoms with Gasteiger partial charge in [-0.15, -0.1) is 0 Å². The Labute approximate surface area is 181 Å². The number of benzene rings is 1. The summed E-state index contributed by atoms with van der Waals surface area (Å²) in [6.45, 7) is 0. The molecule has 0 bridgehead atoms. The molecule has 0 atom stereocenters. The average Bonchev–Trinajstić information content (AvgIpc) is 3.24. The molecular formula is C24H26N6O. The summed E-state index contributed by atoms with van der Waals surface area (Å²) in [4.78, 5) is 13.9. The van der Waals surface area contributed by atoms with E-state index >= 15 is 0 Å². The van der Waals surface area contributed by atoms with Crippen LogP contribution < -0.4 is 15.8 Å². The number of ether oxygens (including phenoxy) is 1. The van der Waals surface area contributed by atoms with Crippen molar-refractivity contribution in [2.45, 2.75) is 37.8 Å². The first-order valence-electron chi connectivity index (χ1n) is 10.7. The number of imidazole rings is 1. The third kappa shape index (κ3) is 3.96. The highest BCUT2D eigenvalue weighted by atomic mass is 16.5. The third-order valence-electron chi connectivity index (χ3n) is 5.94. The van der Waals surface area contributed by atoms with Gasteiger partial charge in [0.05, 0.1) is 25.2 Å². The minimum absolute atomic E-state index is 0.308. The van der Waals surface area contributed by atoms with Crippen molar-refractivity contribution in [1.82, 2.24) is 19.4 Å². The molecule has 0 saturated heterocycles. The number of aromatic nitrogens is 4. The van der Waals surface area contributed by atoms with Crippen molar-refractivity contribution in [3.8, 4) is 28.3 Å². The number of anilines is 1. The van der Waals surface area contributed by atoms with Gasteiger partial charge in [-0.1, -0.05) is 30.3 Å². The number of hydrogen-bond donors (Lipinski definition) is 2. The summed E-state index contributed by atoms with van der Waals surface area (Å²) in [7, 11) is 1.64. The molecule has 1 fully saturated rings. The molecule has 0 radical (unpaired) electrons. The second-order valence-electron chi connectivity index (χ2n) is 8.02. The molecule has 3 N–H and O–H groups in total. The van der Waals surface area contributed by atoms with E-state index in [1.165, 1.54) is 0 Å². The van der Waals surface area contributed by atoms with Crippen LogP contribution in [0, 0.1) is 0 Å². The normalized spacial score (nSPS) is 18.8. The topological polar surface area (TPSA) is 90.4 Å². The molecule has 1 aliphatic rings. The minimum atomic E-state index is 0.308. The first kappa shape index (κ1) is 19.5. The van der Waals surface area contributed by atoms with Crippen molar-refractivity contribution in [3.05, 3.63) is 61.1 Å². The highest BCUT2D eigenvalue weighted by molar-refractivity contribution is 5.70. The van der Waals surface area contributed by atoms with Crippen LogP contribution in [0.2, 0.25) is 0 Å². The highest BCUT2D eigenvalue weighted by Gasteiger charge is 2.21. The van der Waals surface area contributed by atoms with E-state index in [4.69, 9.17) is 15.5 Å². The van der Waals surface area contributed by atoms with Crippen LogP contribution in [0.25, 0.3) is 28.2 Å². The van der Waals surface area contributed by atoms with Crippen LogP contribution in [0.15, 0.2) is 61.1 Å². The van der Waals surface area contributed by atoms with Crippen molar-refractivity contribution in [2.24, 2.45) is 5.73 Å². The molecule has 0 aliphatic heterocycles. The quantitative estimate of drug-likeness (QED) is 0.510. The maximum Gasteiger partial charge on any atom is 0.223 e. The molecule has 0 spiro atoms. The van der Waals surface area contributed by atoms with Crippen LogP contribution >= 0.6 is 0 Å². The maximum absolute atomic E-state index is 6.04. The van der Waals surface area contributed by atoms with E-state index < -0.39 is 0 Å². The van der Waals surface area contributed by atoms with Crippen molar-refractivity contribution >= 4 is 11.6 Å². The largest absolute Gasteiger partial charge is 0.493 e. The Kier molecular flexibility index (Phi) is 5.26. The molecule has 4 aromatic rings. The molecule has 158 valence electrons. The van der Waals surface area contributed by atoms with Gasteiger partial charge >= 0.3 is 0 Å². The van der Waals surface area contributed by atoms with Gasteiger partial charge in [0.15, 0.2) is 5.75 Å². The van der Waals surface area contributed by atoms with E-state index in [1.54, 1.807) is 13.3 Å². The molecule has 31 heavy (non-hydrogen) atoms.